The molecular weight excluding hydrogens is 226 g/mol. The van der Waals surface area contributed by atoms with Crippen molar-refractivity contribution >= 4 is 16.6 Å². The Kier molecular flexibility index (Phi) is 2.41. The molecule has 0 N–H and O–H groups in total. The van der Waals surface area contributed by atoms with Crippen molar-refractivity contribution in [3.05, 3.63) is 60.2 Å². The molecule has 18 heavy (non-hydrogen) atoms. The van der Waals surface area contributed by atoms with Gasteiger partial charge in [0.25, 0.3) is 0 Å². The van der Waals surface area contributed by atoms with Crippen LogP contribution >= 0.6 is 0 Å². The second-order valence-electron chi connectivity index (χ2n) is 4.05. The molecule has 2 aromatic heterocycles. The summed E-state index contributed by atoms with van der Waals surface area (Å²) in [7, 11) is 1.75. The van der Waals surface area contributed by atoms with Crippen LogP contribution in [0, 0.1) is 0 Å². The van der Waals surface area contributed by atoms with E-state index in [2.05, 4.69) is 10.1 Å². The number of carbonyl (C=O) groups excluding carboxylic acids is 1. The zero-order valence-corrected chi connectivity index (χ0v) is 9.87. The van der Waals surface area contributed by atoms with Crippen LogP contribution in [0.3, 0.4) is 0 Å². The lowest BCUT2D eigenvalue weighted by atomic mass is 10.1. The molecule has 3 aromatic rings. The number of hydrogen-bond acceptors (Lipinski definition) is 3. The van der Waals surface area contributed by atoms with Crippen LogP contribution in [-0.4, -0.2) is 20.5 Å². The summed E-state index contributed by atoms with van der Waals surface area (Å²) in [4.78, 5) is 16.6. The van der Waals surface area contributed by atoms with Crippen LogP contribution in [0.1, 0.15) is 16.2 Å². The number of carbonyl (C=O) groups is 1. The fraction of sp³-hybridized carbons (Fsp3) is 0.0714. The third-order valence-electron chi connectivity index (χ3n) is 2.94. The first-order chi connectivity index (χ1) is 8.77. The lowest BCUT2D eigenvalue weighted by Gasteiger charge is -2.04. The highest BCUT2D eigenvalue weighted by atomic mass is 16.1. The van der Waals surface area contributed by atoms with Gasteiger partial charge in [-0.2, -0.15) is 5.10 Å². The number of aryl methyl sites for hydroxylation is 1. The molecule has 0 fully saturated rings. The topological polar surface area (TPSA) is 47.8 Å². The number of aromatic nitrogens is 3. The van der Waals surface area contributed by atoms with Crippen molar-refractivity contribution in [2.75, 3.05) is 0 Å². The zero-order chi connectivity index (χ0) is 12.5. The van der Waals surface area contributed by atoms with Gasteiger partial charge in [-0.1, -0.05) is 24.3 Å². The molecule has 4 heteroatoms. The molecule has 0 radical (unpaired) electrons. The monoisotopic (exact) mass is 237 g/mol. The first-order valence-electron chi connectivity index (χ1n) is 5.64. The fourth-order valence-corrected chi connectivity index (χ4v) is 2.02. The van der Waals surface area contributed by atoms with Gasteiger partial charge in [-0.3, -0.25) is 14.5 Å². The van der Waals surface area contributed by atoms with Crippen LogP contribution < -0.4 is 0 Å². The summed E-state index contributed by atoms with van der Waals surface area (Å²) >= 11 is 0. The van der Waals surface area contributed by atoms with E-state index in [1.165, 1.54) is 0 Å². The van der Waals surface area contributed by atoms with Crippen LogP contribution in [0.15, 0.2) is 48.8 Å². The molecule has 0 atom stereocenters. The molecule has 0 aliphatic carbocycles. The van der Waals surface area contributed by atoms with E-state index >= 15 is 0 Å². The molecule has 0 unspecified atom stereocenters. The molecule has 0 bridgehead atoms. The summed E-state index contributed by atoms with van der Waals surface area (Å²) in [5, 5.41) is 5.89. The van der Waals surface area contributed by atoms with Gasteiger partial charge in [0.2, 0.25) is 5.78 Å². The molecule has 0 aliphatic heterocycles. The summed E-state index contributed by atoms with van der Waals surface area (Å²) in [5.41, 5.74) is 1.01. The SMILES string of the molecule is Cn1nccc1C(=O)c1nccc2ccccc12. The van der Waals surface area contributed by atoms with Crippen molar-refractivity contribution in [2.45, 2.75) is 0 Å². The normalized spacial score (nSPS) is 10.7. The third-order valence-corrected chi connectivity index (χ3v) is 2.94. The Morgan fingerprint density at radius 2 is 1.94 bits per heavy atom. The van der Waals surface area contributed by atoms with E-state index < -0.39 is 0 Å². The van der Waals surface area contributed by atoms with Gasteiger partial charge in [0, 0.05) is 24.8 Å². The van der Waals surface area contributed by atoms with Crippen LogP contribution in [0.2, 0.25) is 0 Å². The highest BCUT2D eigenvalue weighted by molar-refractivity contribution is 6.14. The molecule has 88 valence electrons. The number of nitrogens with zero attached hydrogens (tertiary/aromatic N) is 3. The molecule has 0 saturated heterocycles. The van der Waals surface area contributed by atoms with Gasteiger partial charge in [0.15, 0.2) is 0 Å². The Bertz CT molecular complexity index is 725. The molecule has 0 saturated carbocycles. The fourth-order valence-electron chi connectivity index (χ4n) is 2.02. The molecule has 0 amide bonds. The van der Waals surface area contributed by atoms with E-state index in [0.29, 0.717) is 11.4 Å². The van der Waals surface area contributed by atoms with Crippen molar-refractivity contribution in [3.63, 3.8) is 0 Å². The second kappa shape index (κ2) is 4.07. The Balaban J connectivity index is 2.21. The maximum atomic E-state index is 12.4. The molecule has 4 nitrogen and oxygen atoms in total. The molecular formula is C14H11N3O. The van der Waals surface area contributed by atoms with Crippen LogP contribution in [0.4, 0.5) is 0 Å². The minimum absolute atomic E-state index is 0.105. The number of fused-ring (bicyclic) bond motifs is 1. The molecule has 0 aliphatic rings. The number of benzene rings is 1. The van der Waals surface area contributed by atoms with Gasteiger partial charge in [0.05, 0.1) is 0 Å². The van der Waals surface area contributed by atoms with E-state index in [9.17, 15) is 4.79 Å². The summed E-state index contributed by atoms with van der Waals surface area (Å²) in [5.74, 6) is -0.105. The molecule has 3 rings (SSSR count). The van der Waals surface area contributed by atoms with Crippen molar-refractivity contribution in [1.82, 2.24) is 14.8 Å². The first-order valence-corrected chi connectivity index (χ1v) is 5.64. The van der Waals surface area contributed by atoms with E-state index in [0.717, 1.165) is 10.8 Å². The van der Waals surface area contributed by atoms with Gasteiger partial charge >= 0.3 is 0 Å². The second-order valence-corrected chi connectivity index (χ2v) is 4.05. The van der Waals surface area contributed by atoms with Crippen molar-refractivity contribution in [1.29, 1.82) is 0 Å². The number of pyridine rings is 1. The Labute approximate surface area is 104 Å². The van der Waals surface area contributed by atoms with E-state index in [1.54, 1.807) is 30.2 Å². The smallest absolute Gasteiger partial charge is 0.229 e. The van der Waals surface area contributed by atoms with Crippen molar-refractivity contribution < 1.29 is 4.79 Å². The average Bonchev–Trinajstić information content (AvgIpc) is 2.83. The number of hydrogen-bond donors (Lipinski definition) is 0. The zero-order valence-electron chi connectivity index (χ0n) is 9.87. The quantitative estimate of drug-likeness (QED) is 0.642. The lowest BCUT2D eigenvalue weighted by Crippen LogP contribution is -2.10. The Morgan fingerprint density at radius 3 is 2.72 bits per heavy atom. The van der Waals surface area contributed by atoms with Crippen molar-refractivity contribution in [3.8, 4) is 0 Å². The summed E-state index contributed by atoms with van der Waals surface area (Å²) in [6.07, 6.45) is 3.27. The van der Waals surface area contributed by atoms with Gasteiger partial charge in [-0.05, 0) is 17.5 Å². The van der Waals surface area contributed by atoms with Crippen LogP contribution in [0.5, 0.6) is 0 Å². The van der Waals surface area contributed by atoms with Crippen molar-refractivity contribution in [2.24, 2.45) is 7.05 Å². The molecule has 0 spiro atoms. The van der Waals surface area contributed by atoms with E-state index in [4.69, 9.17) is 0 Å². The molecule has 1 aromatic carbocycles. The minimum atomic E-state index is -0.105. The predicted molar refractivity (Wildman–Crippen MR) is 68.4 cm³/mol. The van der Waals surface area contributed by atoms with E-state index in [-0.39, 0.29) is 5.78 Å². The summed E-state index contributed by atoms with van der Waals surface area (Å²) in [6.45, 7) is 0. The highest BCUT2D eigenvalue weighted by Crippen LogP contribution is 2.18. The van der Waals surface area contributed by atoms with Gasteiger partial charge < -0.3 is 0 Å². The summed E-state index contributed by atoms with van der Waals surface area (Å²) < 4.78 is 1.56. The van der Waals surface area contributed by atoms with Gasteiger partial charge in [-0.25, -0.2) is 0 Å². The van der Waals surface area contributed by atoms with Crippen LogP contribution in [0.25, 0.3) is 10.8 Å². The highest BCUT2D eigenvalue weighted by Gasteiger charge is 2.16. The van der Waals surface area contributed by atoms with Gasteiger partial charge in [0.1, 0.15) is 11.4 Å². The lowest BCUT2D eigenvalue weighted by molar-refractivity contribution is 0.102. The number of rotatable bonds is 2. The minimum Gasteiger partial charge on any atom is -0.285 e. The third kappa shape index (κ3) is 1.59. The number of ketones is 1. The van der Waals surface area contributed by atoms with E-state index in [1.807, 2.05) is 30.3 Å². The molecule has 2 heterocycles. The summed E-state index contributed by atoms with van der Waals surface area (Å²) in [6, 6.07) is 11.3. The Hall–Kier alpha value is -2.49. The Morgan fingerprint density at radius 1 is 1.11 bits per heavy atom. The van der Waals surface area contributed by atoms with Gasteiger partial charge in [-0.15, -0.1) is 0 Å². The first kappa shape index (κ1) is 10.7. The largest absolute Gasteiger partial charge is 0.285 e. The maximum Gasteiger partial charge on any atom is 0.229 e. The predicted octanol–water partition coefficient (Wildman–Crippen LogP) is 2.20. The maximum absolute atomic E-state index is 12.4. The standard InChI is InChI=1S/C14H11N3O/c1-17-12(7-9-16-17)14(18)13-11-5-3-2-4-10(11)6-8-15-13/h2-9H,1H3. The average molecular weight is 237 g/mol. The van der Waals surface area contributed by atoms with Crippen LogP contribution in [-0.2, 0) is 7.05 Å².